The lowest BCUT2D eigenvalue weighted by Crippen LogP contribution is -2.41. The van der Waals surface area contributed by atoms with E-state index in [2.05, 4.69) is 39.9 Å². The summed E-state index contributed by atoms with van der Waals surface area (Å²) < 4.78 is 0. The van der Waals surface area contributed by atoms with E-state index in [1.807, 2.05) is 11.8 Å². The predicted octanol–water partition coefficient (Wildman–Crippen LogP) is 3.27. The Balaban J connectivity index is 2.02. The molecule has 3 nitrogen and oxygen atoms in total. The average molecular weight is 315 g/mol. The first kappa shape index (κ1) is 16.3. The van der Waals surface area contributed by atoms with E-state index in [1.165, 1.54) is 9.88 Å². The SMILES string of the molecule is Cc1nc(C(C)(C)C)sc1[C@@H](C)NC[C@]1(O)CCSC1. The van der Waals surface area contributed by atoms with Crippen LogP contribution in [0.15, 0.2) is 0 Å². The lowest BCUT2D eigenvalue weighted by Gasteiger charge is -2.24. The molecule has 0 amide bonds. The van der Waals surface area contributed by atoms with Crippen LogP contribution in [0, 0.1) is 6.92 Å². The van der Waals surface area contributed by atoms with Crippen molar-refractivity contribution in [1.82, 2.24) is 10.3 Å². The van der Waals surface area contributed by atoms with Gasteiger partial charge in [-0.3, -0.25) is 0 Å². The minimum Gasteiger partial charge on any atom is -0.388 e. The molecular formula is C15H26N2OS2. The van der Waals surface area contributed by atoms with Gasteiger partial charge in [0, 0.05) is 28.6 Å². The van der Waals surface area contributed by atoms with Gasteiger partial charge in [-0.1, -0.05) is 20.8 Å². The molecule has 0 bridgehead atoms. The zero-order chi connectivity index (χ0) is 15.0. The topological polar surface area (TPSA) is 45.2 Å². The summed E-state index contributed by atoms with van der Waals surface area (Å²) in [5.74, 6) is 1.92. The van der Waals surface area contributed by atoms with Crippen LogP contribution in [0.5, 0.6) is 0 Å². The van der Waals surface area contributed by atoms with E-state index < -0.39 is 5.60 Å². The molecule has 0 aromatic carbocycles. The molecule has 1 aromatic heterocycles. The summed E-state index contributed by atoms with van der Waals surface area (Å²) in [6, 6.07) is 0.248. The first-order valence-corrected chi connectivity index (χ1v) is 9.20. The zero-order valence-corrected chi connectivity index (χ0v) is 14.7. The van der Waals surface area contributed by atoms with Crippen molar-refractivity contribution in [2.24, 2.45) is 0 Å². The van der Waals surface area contributed by atoms with E-state index in [1.54, 1.807) is 11.3 Å². The van der Waals surface area contributed by atoms with Gasteiger partial charge < -0.3 is 10.4 Å². The van der Waals surface area contributed by atoms with Crippen molar-refractivity contribution in [2.75, 3.05) is 18.1 Å². The van der Waals surface area contributed by atoms with Crippen LogP contribution in [0.2, 0.25) is 0 Å². The monoisotopic (exact) mass is 314 g/mol. The fraction of sp³-hybridized carbons (Fsp3) is 0.800. The van der Waals surface area contributed by atoms with Gasteiger partial charge in [-0.25, -0.2) is 4.98 Å². The van der Waals surface area contributed by atoms with E-state index in [-0.39, 0.29) is 11.5 Å². The lowest BCUT2D eigenvalue weighted by atomic mass is 9.98. The third kappa shape index (κ3) is 3.75. The summed E-state index contributed by atoms with van der Waals surface area (Å²) in [5.41, 5.74) is 0.700. The van der Waals surface area contributed by atoms with Crippen molar-refractivity contribution in [2.45, 2.75) is 58.1 Å². The quantitative estimate of drug-likeness (QED) is 0.895. The Morgan fingerprint density at radius 2 is 2.15 bits per heavy atom. The second-order valence-electron chi connectivity index (χ2n) is 6.85. The van der Waals surface area contributed by atoms with Gasteiger partial charge in [0.05, 0.1) is 16.3 Å². The molecule has 2 heterocycles. The van der Waals surface area contributed by atoms with Crippen LogP contribution in [0.1, 0.15) is 55.7 Å². The summed E-state index contributed by atoms with van der Waals surface area (Å²) in [5, 5.41) is 15.1. The maximum Gasteiger partial charge on any atom is 0.0985 e. The standard InChI is InChI=1S/C15H26N2OS2/c1-10(16-8-15(18)6-7-19-9-15)12-11(2)17-13(20-12)14(3,4)5/h10,16,18H,6-9H2,1-5H3/t10-,15-/m1/s1. The van der Waals surface area contributed by atoms with E-state index in [0.717, 1.165) is 23.6 Å². The van der Waals surface area contributed by atoms with E-state index in [9.17, 15) is 5.11 Å². The maximum absolute atomic E-state index is 10.4. The first-order chi connectivity index (χ1) is 9.21. The number of nitrogens with one attached hydrogen (secondary N) is 1. The van der Waals surface area contributed by atoms with Gasteiger partial charge in [0.1, 0.15) is 0 Å². The number of hydrogen-bond acceptors (Lipinski definition) is 5. The number of thioether (sulfide) groups is 1. The molecule has 1 fully saturated rings. The molecule has 2 atom stereocenters. The molecule has 1 saturated heterocycles. The highest BCUT2D eigenvalue weighted by molar-refractivity contribution is 7.99. The van der Waals surface area contributed by atoms with E-state index >= 15 is 0 Å². The van der Waals surface area contributed by atoms with Crippen molar-refractivity contribution in [3.8, 4) is 0 Å². The van der Waals surface area contributed by atoms with E-state index in [4.69, 9.17) is 4.98 Å². The molecule has 5 heteroatoms. The molecule has 0 saturated carbocycles. The highest BCUT2D eigenvalue weighted by Gasteiger charge is 2.32. The molecule has 2 rings (SSSR count). The second-order valence-corrected chi connectivity index (χ2v) is 8.98. The number of thiazole rings is 1. The lowest BCUT2D eigenvalue weighted by molar-refractivity contribution is 0.0652. The van der Waals surface area contributed by atoms with Gasteiger partial charge in [0.25, 0.3) is 0 Å². The van der Waals surface area contributed by atoms with Crippen LogP contribution in [-0.2, 0) is 5.41 Å². The molecule has 20 heavy (non-hydrogen) atoms. The molecule has 0 spiro atoms. The number of aromatic nitrogens is 1. The minimum atomic E-state index is -0.523. The number of aryl methyl sites for hydroxylation is 1. The highest BCUT2D eigenvalue weighted by Crippen LogP contribution is 2.33. The summed E-state index contributed by atoms with van der Waals surface area (Å²) in [6.07, 6.45) is 0.895. The maximum atomic E-state index is 10.4. The summed E-state index contributed by atoms with van der Waals surface area (Å²) in [6.45, 7) is 11.5. The van der Waals surface area contributed by atoms with Crippen LogP contribution in [0.4, 0.5) is 0 Å². The molecule has 1 aliphatic heterocycles. The Labute approximate surface area is 130 Å². The predicted molar refractivity (Wildman–Crippen MR) is 88.9 cm³/mol. The Morgan fingerprint density at radius 1 is 1.45 bits per heavy atom. The smallest absolute Gasteiger partial charge is 0.0985 e. The largest absolute Gasteiger partial charge is 0.388 e. The van der Waals surface area contributed by atoms with Gasteiger partial charge in [0.15, 0.2) is 0 Å². The Morgan fingerprint density at radius 3 is 2.65 bits per heavy atom. The van der Waals surface area contributed by atoms with Crippen LogP contribution in [0.3, 0.4) is 0 Å². The van der Waals surface area contributed by atoms with Crippen molar-refractivity contribution in [3.05, 3.63) is 15.6 Å². The van der Waals surface area contributed by atoms with Gasteiger partial charge in [-0.2, -0.15) is 11.8 Å². The first-order valence-electron chi connectivity index (χ1n) is 7.23. The molecule has 1 aromatic rings. The zero-order valence-electron chi connectivity index (χ0n) is 13.1. The highest BCUT2D eigenvalue weighted by atomic mass is 32.2. The van der Waals surface area contributed by atoms with Crippen molar-refractivity contribution in [3.63, 3.8) is 0 Å². The van der Waals surface area contributed by atoms with Crippen molar-refractivity contribution in [1.29, 1.82) is 0 Å². The molecule has 0 radical (unpaired) electrons. The average Bonchev–Trinajstić information content (AvgIpc) is 2.93. The Bertz CT molecular complexity index is 459. The summed E-state index contributed by atoms with van der Waals surface area (Å²) in [7, 11) is 0. The fourth-order valence-electron chi connectivity index (χ4n) is 2.30. The Hall–Kier alpha value is -0.100. The van der Waals surface area contributed by atoms with Gasteiger partial charge in [0.2, 0.25) is 0 Å². The molecular weight excluding hydrogens is 288 g/mol. The minimum absolute atomic E-state index is 0.105. The van der Waals surface area contributed by atoms with Crippen LogP contribution < -0.4 is 5.32 Å². The number of nitrogens with zero attached hydrogens (tertiary/aromatic N) is 1. The third-order valence-electron chi connectivity index (χ3n) is 3.69. The number of aliphatic hydroxyl groups is 1. The Kier molecular flexibility index (Phi) is 4.84. The van der Waals surface area contributed by atoms with Gasteiger partial charge >= 0.3 is 0 Å². The molecule has 1 aliphatic rings. The molecule has 114 valence electrons. The van der Waals surface area contributed by atoms with Gasteiger partial charge in [-0.05, 0) is 26.0 Å². The summed E-state index contributed by atoms with van der Waals surface area (Å²) in [4.78, 5) is 6.01. The third-order valence-corrected chi connectivity index (χ3v) is 6.69. The number of hydrogen-bond donors (Lipinski definition) is 2. The van der Waals surface area contributed by atoms with Gasteiger partial charge in [-0.15, -0.1) is 11.3 Å². The second kappa shape index (κ2) is 5.95. The van der Waals surface area contributed by atoms with Crippen molar-refractivity contribution >= 4 is 23.1 Å². The van der Waals surface area contributed by atoms with Crippen LogP contribution >= 0.6 is 23.1 Å². The van der Waals surface area contributed by atoms with E-state index in [0.29, 0.717) is 6.54 Å². The molecule has 2 N–H and O–H groups in total. The van der Waals surface area contributed by atoms with Crippen LogP contribution in [-0.4, -0.2) is 33.7 Å². The fourth-order valence-corrected chi connectivity index (χ4v) is 4.75. The normalized spacial score (nSPS) is 25.1. The van der Waals surface area contributed by atoms with Crippen LogP contribution in [0.25, 0.3) is 0 Å². The number of rotatable bonds is 4. The summed E-state index contributed by atoms with van der Waals surface area (Å²) >= 11 is 3.63. The molecule has 0 unspecified atom stereocenters. The van der Waals surface area contributed by atoms with Crippen molar-refractivity contribution < 1.29 is 5.11 Å². The molecule has 0 aliphatic carbocycles.